The topological polar surface area (TPSA) is 41.1 Å². The molecule has 3 heteroatoms. The van der Waals surface area contributed by atoms with Crippen molar-refractivity contribution in [2.45, 2.75) is 51.0 Å². The molecule has 3 nitrogen and oxygen atoms in total. The predicted octanol–water partition coefficient (Wildman–Crippen LogP) is 1.43. The average molecular weight is 210 g/mol. The van der Waals surface area contributed by atoms with E-state index in [4.69, 9.17) is 0 Å². The number of carbonyl (C=O) groups is 1. The van der Waals surface area contributed by atoms with Gasteiger partial charge in [-0.3, -0.25) is 4.79 Å². The lowest BCUT2D eigenvalue weighted by atomic mass is 10.0. The standard InChI is InChI=1S/C12H22N2O/c15-12(11-6-3-8-13-11)14-9-7-10-4-1-2-5-10/h10-11,13H,1-9H2,(H,14,15)/t11-/m0/s1. The Kier molecular flexibility index (Phi) is 4.01. The summed E-state index contributed by atoms with van der Waals surface area (Å²) in [5.41, 5.74) is 0. The third kappa shape index (κ3) is 3.20. The number of hydrogen-bond acceptors (Lipinski definition) is 2. The van der Waals surface area contributed by atoms with E-state index >= 15 is 0 Å². The van der Waals surface area contributed by atoms with Crippen LogP contribution in [0.4, 0.5) is 0 Å². The molecule has 1 saturated heterocycles. The fourth-order valence-electron chi connectivity index (χ4n) is 2.73. The minimum Gasteiger partial charge on any atom is -0.355 e. The molecule has 0 bridgehead atoms. The van der Waals surface area contributed by atoms with Gasteiger partial charge in [0.05, 0.1) is 6.04 Å². The Balaban J connectivity index is 1.58. The van der Waals surface area contributed by atoms with E-state index in [9.17, 15) is 4.79 Å². The van der Waals surface area contributed by atoms with Gasteiger partial charge in [0.1, 0.15) is 0 Å². The van der Waals surface area contributed by atoms with Gasteiger partial charge in [0, 0.05) is 6.54 Å². The van der Waals surface area contributed by atoms with Crippen molar-refractivity contribution in [3.63, 3.8) is 0 Å². The Labute approximate surface area is 92.0 Å². The first-order valence-corrected chi connectivity index (χ1v) is 6.37. The van der Waals surface area contributed by atoms with Crippen LogP contribution < -0.4 is 10.6 Å². The second kappa shape index (κ2) is 5.50. The van der Waals surface area contributed by atoms with E-state index in [1.807, 2.05) is 0 Å². The first-order chi connectivity index (χ1) is 7.36. The van der Waals surface area contributed by atoms with Crippen molar-refractivity contribution < 1.29 is 4.79 Å². The maximum atomic E-state index is 11.6. The van der Waals surface area contributed by atoms with Crippen LogP contribution in [0.25, 0.3) is 0 Å². The first kappa shape index (κ1) is 10.9. The molecule has 0 unspecified atom stereocenters. The molecule has 2 N–H and O–H groups in total. The highest BCUT2D eigenvalue weighted by molar-refractivity contribution is 5.81. The molecular formula is C12H22N2O. The number of rotatable bonds is 4. The molecule has 1 aliphatic carbocycles. The van der Waals surface area contributed by atoms with E-state index < -0.39 is 0 Å². The van der Waals surface area contributed by atoms with Gasteiger partial charge >= 0.3 is 0 Å². The molecule has 2 fully saturated rings. The summed E-state index contributed by atoms with van der Waals surface area (Å²) >= 11 is 0. The van der Waals surface area contributed by atoms with Crippen molar-refractivity contribution in [3.05, 3.63) is 0 Å². The van der Waals surface area contributed by atoms with Crippen LogP contribution in [0.1, 0.15) is 44.9 Å². The molecule has 0 aromatic heterocycles. The van der Waals surface area contributed by atoms with E-state index in [2.05, 4.69) is 10.6 Å². The molecule has 1 aliphatic heterocycles. The maximum Gasteiger partial charge on any atom is 0.237 e. The zero-order valence-electron chi connectivity index (χ0n) is 9.43. The Morgan fingerprint density at radius 1 is 1.20 bits per heavy atom. The maximum absolute atomic E-state index is 11.6. The summed E-state index contributed by atoms with van der Waals surface area (Å²) in [6.07, 6.45) is 8.86. The van der Waals surface area contributed by atoms with Crippen molar-refractivity contribution in [3.8, 4) is 0 Å². The minimum absolute atomic E-state index is 0.0913. The molecule has 86 valence electrons. The fraction of sp³-hybridized carbons (Fsp3) is 0.917. The summed E-state index contributed by atoms with van der Waals surface area (Å²) in [6.45, 7) is 1.88. The molecule has 15 heavy (non-hydrogen) atoms. The Bertz CT molecular complexity index is 206. The van der Waals surface area contributed by atoms with Crippen LogP contribution in [-0.4, -0.2) is 25.0 Å². The van der Waals surface area contributed by atoms with Gasteiger partial charge in [-0.1, -0.05) is 25.7 Å². The number of carbonyl (C=O) groups excluding carboxylic acids is 1. The SMILES string of the molecule is O=C(NCCC1CCCC1)[C@@H]1CCCN1. The van der Waals surface area contributed by atoms with Gasteiger partial charge in [-0.15, -0.1) is 0 Å². The van der Waals surface area contributed by atoms with Crippen molar-refractivity contribution in [1.29, 1.82) is 0 Å². The van der Waals surface area contributed by atoms with E-state index in [0.29, 0.717) is 0 Å². The van der Waals surface area contributed by atoms with Crippen LogP contribution in [0, 0.1) is 5.92 Å². The zero-order valence-corrected chi connectivity index (χ0v) is 9.43. The fourth-order valence-corrected chi connectivity index (χ4v) is 2.73. The highest BCUT2D eigenvalue weighted by Crippen LogP contribution is 2.26. The molecule has 0 aromatic rings. The lowest BCUT2D eigenvalue weighted by Crippen LogP contribution is -2.41. The number of hydrogen-bond donors (Lipinski definition) is 2. The van der Waals surface area contributed by atoms with Gasteiger partial charge in [0.2, 0.25) is 5.91 Å². The lowest BCUT2D eigenvalue weighted by Gasteiger charge is -2.13. The Hall–Kier alpha value is -0.570. The van der Waals surface area contributed by atoms with E-state index in [0.717, 1.165) is 31.8 Å². The summed E-state index contributed by atoms with van der Waals surface area (Å²) in [6, 6.07) is 0.0913. The molecule has 0 aromatic carbocycles. The smallest absolute Gasteiger partial charge is 0.237 e. The van der Waals surface area contributed by atoms with Gasteiger partial charge in [0.15, 0.2) is 0 Å². The first-order valence-electron chi connectivity index (χ1n) is 6.37. The van der Waals surface area contributed by atoms with Gasteiger partial charge in [0.25, 0.3) is 0 Å². The normalized spacial score (nSPS) is 27.1. The monoisotopic (exact) mass is 210 g/mol. The van der Waals surface area contributed by atoms with Crippen LogP contribution in [0.5, 0.6) is 0 Å². The number of amides is 1. The van der Waals surface area contributed by atoms with Crippen LogP contribution in [0.15, 0.2) is 0 Å². The van der Waals surface area contributed by atoms with Crippen LogP contribution >= 0.6 is 0 Å². The summed E-state index contributed by atoms with van der Waals surface area (Å²) in [4.78, 5) is 11.6. The second-order valence-electron chi connectivity index (χ2n) is 4.88. The highest BCUT2D eigenvalue weighted by atomic mass is 16.2. The number of nitrogens with one attached hydrogen (secondary N) is 2. The van der Waals surface area contributed by atoms with Crippen molar-refractivity contribution in [1.82, 2.24) is 10.6 Å². The third-order valence-corrected chi connectivity index (χ3v) is 3.70. The van der Waals surface area contributed by atoms with Gasteiger partial charge in [-0.05, 0) is 31.7 Å². The van der Waals surface area contributed by atoms with E-state index in [1.165, 1.54) is 32.1 Å². The van der Waals surface area contributed by atoms with Crippen molar-refractivity contribution in [2.24, 2.45) is 5.92 Å². The van der Waals surface area contributed by atoms with Gasteiger partial charge < -0.3 is 10.6 Å². The molecule has 1 saturated carbocycles. The average Bonchev–Trinajstić information content (AvgIpc) is 2.90. The van der Waals surface area contributed by atoms with Crippen LogP contribution in [0.3, 0.4) is 0 Å². The largest absolute Gasteiger partial charge is 0.355 e. The molecule has 0 spiro atoms. The van der Waals surface area contributed by atoms with Gasteiger partial charge in [-0.25, -0.2) is 0 Å². The molecule has 2 rings (SSSR count). The molecule has 2 aliphatic rings. The minimum atomic E-state index is 0.0913. The second-order valence-corrected chi connectivity index (χ2v) is 4.88. The summed E-state index contributed by atoms with van der Waals surface area (Å²) < 4.78 is 0. The molecule has 1 heterocycles. The van der Waals surface area contributed by atoms with E-state index in [-0.39, 0.29) is 11.9 Å². The van der Waals surface area contributed by atoms with Gasteiger partial charge in [-0.2, -0.15) is 0 Å². The third-order valence-electron chi connectivity index (χ3n) is 3.70. The van der Waals surface area contributed by atoms with Crippen molar-refractivity contribution in [2.75, 3.05) is 13.1 Å². The summed E-state index contributed by atoms with van der Waals surface area (Å²) in [5, 5.41) is 6.27. The molecule has 1 atom stereocenters. The molecule has 1 amide bonds. The lowest BCUT2D eigenvalue weighted by molar-refractivity contribution is -0.122. The Morgan fingerprint density at radius 2 is 2.00 bits per heavy atom. The molecule has 0 radical (unpaired) electrons. The Morgan fingerprint density at radius 3 is 2.67 bits per heavy atom. The quantitative estimate of drug-likeness (QED) is 0.737. The summed E-state index contributed by atoms with van der Waals surface area (Å²) in [5.74, 6) is 1.09. The van der Waals surface area contributed by atoms with Crippen molar-refractivity contribution >= 4 is 5.91 Å². The van der Waals surface area contributed by atoms with E-state index in [1.54, 1.807) is 0 Å². The van der Waals surface area contributed by atoms with Crippen LogP contribution in [0.2, 0.25) is 0 Å². The highest BCUT2D eigenvalue weighted by Gasteiger charge is 2.22. The summed E-state index contributed by atoms with van der Waals surface area (Å²) in [7, 11) is 0. The predicted molar refractivity (Wildman–Crippen MR) is 60.6 cm³/mol. The zero-order chi connectivity index (χ0) is 10.5. The van der Waals surface area contributed by atoms with Crippen LogP contribution in [-0.2, 0) is 4.79 Å². The molecular weight excluding hydrogens is 188 g/mol.